The van der Waals surface area contributed by atoms with Gasteiger partial charge in [0.1, 0.15) is 0 Å². The van der Waals surface area contributed by atoms with Crippen LogP contribution in [0, 0.1) is 0 Å². The van der Waals surface area contributed by atoms with E-state index in [2.05, 4.69) is 10.6 Å². The van der Waals surface area contributed by atoms with Gasteiger partial charge in [-0.2, -0.15) is 13.2 Å². The van der Waals surface area contributed by atoms with Gasteiger partial charge < -0.3 is 20.4 Å². The van der Waals surface area contributed by atoms with Crippen molar-refractivity contribution >= 4 is 40.5 Å². The third-order valence-electron chi connectivity index (χ3n) is 6.42. The smallest absolute Gasteiger partial charge is 0.378 e. The van der Waals surface area contributed by atoms with E-state index in [0.29, 0.717) is 47.5 Å². The summed E-state index contributed by atoms with van der Waals surface area (Å²) in [6.45, 7) is 4.81. The van der Waals surface area contributed by atoms with E-state index in [0.717, 1.165) is 25.5 Å². The van der Waals surface area contributed by atoms with Crippen LogP contribution < -0.4 is 15.5 Å². The summed E-state index contributed by atoms with van der Waals surface area (Å²) in [4.78, 5) is 16.5. The topological polar surface area (TPSA) is 47.6 Å². The molecule has 184 valence electrons. The van der Waals surface area contributed by atoms with Gasteiger partial charge in [-0.3, -0.25) is 4.79 Å². The number of nitrogens with one attached hydrogen (secondary N) is 2. The van der Waals surface area contributed by atoms with Crippen LogP contribution in [0.5, 0.6) is 0 Å². The molecule has 34 heavy (non-hydrogen) atoms. The normalized spacial score (nSPS) is 19.9. The highest BCUT2D eigenvalue weighted by atomic mass is 35.5. The largest absolute Gasteiger partial charge is 0.418 e. The molecular weight excluding hydrogens is 488 g/mol. The van der Waals surface area contributed by atoms with Crippen molar-refractivity contribution in [3.8, 4) is 0 Å². The standard InChI is InChI=1S/C24H27Cl2F3N4O/c1-15(18-6-4-16(25)13-20(18)26)31-22-14-17(5-7-19(22)24(27,28)29)32-9-11-33(12-10-32)23(34)21-3-2-8-30-21/h4-7,13-15,21,30-31H,2-3,8-12H2,1H3/t15?,21-/m1/s1. The molecule has 2 aliphatic heterocycles. The average Bonchev–Trinajstić information content (AvgIpc) is 3.33. The van der Waals surface area contributed by atoms with E-state index in [1.54, 1.807) is 25.1 Å². The zero-order valence-corrected chi connectivity index (χ0v) is 20.3. The molecule has 0 spiro atoms. The Morgan fingerprint density at radius 1 is 1.12 bits per heavy atom. The average molecular weight is 515 g/mol. The summed E-state index contributed by atoms with van der Waals surface area (Å²) in [6, 6.07) is 8.46. The second-order valence-corrected chi connectivity index (χ2v) is 9.56. The molecule has 0 radical (unpaired) electrons. The molecule has 2 aromatic rings. The van der Waals surface area contributed by atoms with E-state index in [9.17, 15) is 18.0 Å². The van der Waals surface area contributed by atoms with Crippen molar-refractivity contribution in [1.82, 2.24) is 10.2 Å². The zero-order valence-electron chi connectivity index (χ0n) is 18.8. The van der Waals surface area contributed by atoms with E-state index in [4.69, 9.17) is 23.2 Å². The number of benzene rings is 2. The van der Waals surface area contributed by atoms with Gasteiger partial charge in [0.25, 0.3) is 0 Å². The first-order valence-corrected chi connectivity index (χ1v) is 12.1. The van der Waals surface area contributed by atoms with Crippen molar-refractivity contribution in [2.75, 3.05) is 42.9 Å². The molecule has 2 fully saturated rings. The summed E-state index contributed by atoms with van der Waals surface area (Å²) in [5.41, 5.74) is 0.569. The SMILES string of the molecule is CC(Nc1cc(N2CCN(C(=O)[C@H]3CCCN3)CC2)ccc1C(F)(F)F)c1ccc(Cl)cc1Cl. The van der Waals surface area contributed by atoms with E-state index < -0.39 is 17.8 Å². The zero-order chi connectivity index (χ0) is 24.5. The van der Waals surface area contributed by atoms with Gasteiger partial charge >= 0.3 is 6.18 Å². The number of hydrogen-bond acceptors (Lipinski definition) is 4. The lowest BCUT2D eigenvalue weighted by Crippen LogP contribution is -2.53. The van der Waals surface area contributed by atoms with Gasteiger partial charge in [-0.05, 0) is 62.2 Å². The molecule has 0 aliphatic carbocycles. The molecule has 2 N–H and O–H groups in total. The van der Waals surface area contributed by atoms with Crippen molar-refractivity contribution in [2.45, 2.75) is 38.0 Å². The third kappa shape index (κ3) is 5.56. The first kappa shape index (κ1) is 24.9. The van der Waals surface area contributed by atoms with Crippen LogP contribution in [0.25, 0.3) is 0 Å². The van der Waals surface area contributed by atoms with Crippen LogP contribution in [0.2, 0.25) is 10.0 Å². The van der Waals surface area contributed by atoms with Crippen molar-refractivity contribution in [3.05, 3.63) is 57.6 Å². The van der Waals surface area contributed by atoms with E-state index in [1.807, 2.05) is 9.80 Å². The molecule has 1 unspecified atom stereocenters. The number of piperazine rings is 1. The first-order chi connectivity index (χ1) is 16.1. The second-order valence-electron chi connectivity index (χ2n) is 8.72. The predicted molar refractivity (Wildman–Crippen MR) is 130 cm³/mol. The van der Waals surface area contributed by atoms with Crippen LogP contribution in [0.15, 0.2) is 36.4 Å². The molecule has 2 saturated heterocycles. The molecule has 10 heteroatoms. The molecule has 4 rings (SSSR count). The van der Waals surface area contributed by atoms with Crippen LogP contribution in [0.1, 0.15) is 36.9 Å². The number of alkyl halides is 3. The van der Waals surface area contributed by atoms with E-state index in [-0.39, 0.29) is 17.6 Å². The van der Waals surface area contributed by atoms with Gasteiger partial charge in [0.15, 0.2) is 0 Å². The van der Waals surface area contributed by atoms with Crippen LogP contribution in [0.4, 0.5) is 24.5 Å². The molecule has 0 bridgehead atoms. The molecule has 2 atom stereocenters. The highest BCUT2D eigenvalue weighted by Gasteiger charge is 2.35. The van der Waals surface area contributed by atoms with Crippen LogP contribution in [-0.4, -0.2) is 49.6 Å². The summed E-state index contributed by atoms with van der Waals surface area (Å²) in [5, 5.41) is 7.06. The Balaban J connectivity index is 1.51. The molecule has 2 aliphatic rings. The molecule has 0 saturated carbocycles. The molecule has 2 aromatic carbocycles. The minimum atomic E-state index is -4.51. The van der Waals surface area contributed by atoms with Crippen molar-refractivity contribution in [3.63, 3.8) is 0 Å². The lowest BCUT2D eigenvalue weighted by atomic mass is 10.1. The predicted octanol–water partition coefficient (Wildman–Crippen LogP) is 5.59. The lowest BCUT2D eigenvalue weighted by molar-refractivity contribution is -0.137. The van der Waals surface area contributed by atoms with Crippen molar-refractivity contribution in [2.24, 2.45) is 0 Å². The van der Waals surface area contributed by atoms with Crippen LogP contribution in [-0.2, 0) is 11.0 Å². The van der Waals surface area contributed by atoms with Crippen LogP contribution in [0.3, 0.4) is 0 Å². The minimum Gasteiger partial charge on any atom is -0.378 e. The summed E-state index contributed by atoms with van der Waals surface area (Å²) in [5.74, 6) is 0.112. The number of rotatable bonds is 5. The Morgan fingerprint density at radius 3 is 2.47 bits per heavy atom. The Hall–Kier alpha value is -2.16. The van der Waals surface area contributed by atoms with Gasteiger partial charge in [-0.25, -0.2) is 0 Å². The second kappa shape index (κ2) is 10.2. The number of carbonyl (C=O) groups excluding carboxylic acids is 1. The Bertz CT molecular complexity index is 1040. The van der Waals surface area contributed by atoms with Crippen molar-refractivity contribution < 1.29 is 18.0 Å². The fourth-order valence-corrected chi connectivity index (χ4v) is 5.13. The summed E-state index contributed by atoms with van der Waals surface area (Å²) >= 11 is 12.2. The molecule has 0 aromatic heterocycles. The quantitative estimate of drug-likeness (QED) is 0.546. The fraction of sp³-hybridized carbons (Fsp3) is 0.458. The van der Waals surface area contributed by atoms with Crippen molar-refractivity contribution in [1.29, 1.82) is 0 Å². The summed E-state index contributed by atoms with van der Waals surface area (Å²) < 4.78 is 41.2. The first-order valence-electron chi connectivity index (χ1n) is 11.3. The number of anilines is 2. The highest BCUT2D eigenvalue weighted by molar-refractivity contribution is 6.35. The maximum absolute atomic E-state index is 13.7. The summed E-state index contributed by atoms with van der Waals surface area (Å²) in [6.07, 6.45) is -2.66. The number of nitrogens with zero attached hydrogens (tertiary/aromatic N) is 2. The Morgan fingerprint density at radius 2 is 1.85 bits per heavy atom. The van der Waals surface area contributed by atoms with E-state index in [1.165, 1.54) is 12.1 Å². The van der Waals surface area contributed by atoms with Gasteiger partial charge in [0, 0.05) is 47.6 Å². The number of halogens is 5. The number of hydrogen-bond donors (Lipinski definition) is 2. The minimum absolute atomic E-state index is 0.0165. The van der Waals surface area contributed by atoms with Gasteiger partial charge in [-0.15, -0.1) is 0 Å². The monoisotopic (exact) mass is 514 g/mol. The lowest BCUT2D eigenvalue weighted by Gasteiger charge is -2.37. The number of carbonyl (C=O) groups is 1. The molecule has 1 amide bonds. The fourth-order valence-electron chi connectivity index (χ4n) is 4.56. The van der Waals surface area contributed by atoms with Crippen LogP contribution >= 0.6 is 23.2 Å². The maximum Gasteiger partial charge on any atom is 0.418 e. The Labute approximate surface area is 207 Å². The van der Waals surface area contributed by atoms with E-state index >= 15 is 0 Å². The third-order valence-corrected chi connectivity index (χ3v) is 6.99. The van der Waals surface area contributed by atoms with Gasteiger partial charge in [-0.1, -0.05) is 29.3 Å². The molecule has 5 nitrogen and oxygen atoms in total. The molecule has 2 heterocycles. The highest BCUT2D eigenvalue weighted by Crippen LogP contribution is 2.39. The number of amides is 1. The Kier molecular flexibility index (Phi) is 7.50. The van der Waals surface area contributed by atoms with Gasteiger partial charge in [0.2, 0.25) is 5.91 Å². The maximum atomic E-state index is 13.7. The summed E-state index contributed by atoms with van der Waals surface area (Å²) in [7, 11) is 0. The van der Waals surface area contributed by atoms with Gasteiger partial charge in [0.05, 0.1) is 17.6 Å². The molecular formula is C24H27Cl2F3N4O.